The second-order valence-electron chi connectivity index (χ2n) is 4.52. The maximum atomic E-state index is 10.8. The maximum absolute atomic E-state index is 10.8. The summed E-state index contributed by atoms with van der Waals surface area (Å²) in [6.45, 7) is 1.51. The Labute approximate surface area is 125 Å². The molecule has 0 saturated carbocycles. The number of carboxylic acid groups (broad SMARTS) is 1. The summed E-state index contributed by atoms with van der Waals surface area (Å²) in [5.74, 6) is -0.916. The van der Waals surface area contributed by atoms with Crippen molar-refractivity contribution in [3.8, 4) is 0 Å². The number of carboxylic acids is 1. The molecule has 0 aliphatic heterocycles. The lowest BCUT2D eigenvalue weighted by Crippen LogP contribution is -2.17. The lowest BCUT2D eigenvalue weighted by atomic mass is 10.1. The highest BCUT2D eigenvalue weighted by Crippen LogP contribution is 2.18. The molecular weight excluding hydrogens is 322 g/mol. The van der Waals surface area contributed by atoms with Gasteiger partial charge >= 0.3 is 5.97 Å². The average Bonchev–Trinajstić information content (AvgIpc) is 2.81. The number of hydrogen-bond donors (Lipinski definition) is 2. The van der Waals surface area contributed by atoms with Crippen molar-refractivity contribution in [2.24, 2.45) is 7.05 Å². The zero-order valence-electron chi connectivity index (χ0n) is 11.1. The molecule has 2 N–H and O–H groups in total. The zero-order chi connectivity index (χ0) is 14.5. The van der Waals surface area contributed by atoms with Crippen LogP contribution in [-0.4, -0.2) is 27.4 Å². The van der Waals surface area contributed by atoms with Crippen LogP contribution in [0.25, 0.3) is 0 Å². The van der Waals surface area contributed by atoms with Crippen molar-refractivity contribution < 1.29 is 9.90 Å². The van der Waals surface area contributed by atoms with Gasteiger partial charge in [0.25, 0.3) is 0 Å². The highest BCUT2D eigenvalue weighted by molar-refractivity contribution is 9.10. The van der Waals surface area contributed by atoms with Gasteiger partial charge in [-0.05, 0) is 23.8 Å². The molecule has 20 heavy (non-hydrogen) atoms. The van der Waals surface area contributed by atoms with E-state index in [2.05, 4.69) is 26.3 Å². The van der Waals surface area contributed by atoms with E-state index in [9.17, 15) is 4.79 Å². The van der Waals surface area contributed by atoms with Gasteiger partial charge in [-0.25, -0.2) is 4.79 Å². The summed E-state index contributed by atoms with van der Waals surface area (Å²) in [7, 11) is 1.90. The van der Waals surface area contributed by atoms with Crippen LogP contribution in [0.2, 0.25) is 0 Å². The third kappa shape index (κ3) is 3.91. The molecule has 6 heteroatoms. The number of hydrogen-bond acceptors (Lipinski definition) is 3. The van der Waals surface area contributed by atoms with Gasteiger partial charge in [-0.2, -0.15) is 5.10 Å². The quantitative estimate of drug-likeness (QED) is 0.793. The van der Waals surface area contributed by atoms with Crippen molar-refractivity contribution in [1.82, 2.24) is 15.1 Å². The van der Waals surface area contributed by atoms with Gasteiger partial charge in [-0.1, -0.05) is 22.0 Å². The molecular formula is C14H16BrN3O2. The van der Waals surface area contributed by atoms with Crippen LogP contribution in [-0.2, 0) is 20.0 Å². The third-order valence-electron chi connectivity index (χ3n) is 2.94. The fraction of sp³-hybridized carbons (Fsp3) is 0.286. The first kappa shape index (κ1) is 14.7. The highest BCUT2D eigenvalue weighted by Gasteiger charge is 2.06. The standard InChI is InChI=1S/C14H16BrN3O2/c1-18-7-5-12(17-18)4-6-16-9-11-3-2-10(14(19)20)8-13(11)15/h2-3,5,7-8,16H,4,6,9H2,1H3,(H,19,20). The van der Waals surface area contributed by atoms with Gasteiger partial charge in [0.1, 0.15) is 0 Å². The summed E-state index contributed by atoms with van der Waals surface area (Å²) < 4.78 is 2.60. The van der Waals surface area contributed by atoms with Crippen molar-refractivity contribution in [1.29, 1.82) is 0 Å². The molecule has 0 bridgehead atoms. The van der Waals surface area contributed by atoms with E-state index in [0.29, 0.717) is 6.54 Å². The van der Waals surface area contributed by atoms with Gasteiger partial charge in [-0.3, -0.25) is 4.68 Å². The van der Waals surface area contributed by atoms with E-state index in [1.54, 1.807) is 16.8 Å². The first-order chi connectivity index (χ1) is 9.56. The molecule has 0 saturated heterocycles. The Hall–Kier alpha value is -1.66. The molecule has 0 fully saturated rings. The van der Waals surface area contributed by atoms with E-state index in [1.807, 2.05) is 25.4 Å². The van der Waals surface area contributed by atoms with E-state index in [4.69, 9.17) is 5.11 Å². The summed E-state index contributed by atoms with van der Waals surface area (Å²) >= 11 is 3.40. The Morgan fingerprint density at radius 3 is 2.85 bits per heavy atom. The van der Waals surface area contributed by atoms with Crippen molar-refractivity contribution in [2.75, 3.05) is 6.54 Å². The Bertz CT molecular complexity index is 610. The number of aromatic nitrogens is 2. The Morgan fingerprint density at radius 2 is 2.25 bits per heavy atom. The van der Waals surface area contributed by atoms with Gasteiger partial charge in [0, 0.05) is 37.2 Å². The fourth-order valence-corrected chi connectivity index (χ4v) is 2.38. The van der Waals surface area contributed by atoms with Gasteiger partial charge in [0.05, 0.1) is 11.3 Å². The molecule has 1 aromatic heterocycles. The van der Waals surface area contributed by atoms with E-state index in [1.165, 1.54) is 0 Å². The topological polar surface area (TPSA) is 67.2 Å². The maximum Gasteiger partial charge on any atom is 0.335 e. The second-order valence-corrected chi connectivity index (χ2v) is 5.37. The minimum atomic E-state index is -0.916. The minimum Gasteiger partial charge on any atom is -0.478 e. The van der Waals surface area contributed by atoms with Gasteiger partial charge in [0.15, 0.2) is 0 Å². The highest BCUT2D eigenvalue weighted by atomic mass is 79.9. The minimum absolute atomic E-state index is 0.286. The largest absolute Gasteiger partial charge is 0.478 e. The fourth-order valence-electron chi connectivity index (χ4n) is 1.86. The number of nitrogens with one attached hydrogen (secondary N) is 1. The normalized spacial score (nSPS) is 10.7. The van der Waals surface area contributed by atoms with Crippen LogP contribution in [0.5, 0.6) is 0 Å². The molecule has 0 radical (unpaired) electrons. The number of aryl methyl sites for hydroxylation is 1. The Balaban J connectivity index is 1.83. The summed E-state index contributed by atoms with van der Waals surface area (Å²) in [5.41, 5.74) is 2.38. The molecule has 2 rings (SSSR count). The van der Waals surface area contributed by atoms with Crippen molar-refractivity contribution >= 4 is 21.9 Å². The zero-order valence-corrected chi connectivity index (χ0v) is 12.7. The number of aromatic carboxylic acids is 1. The molecule has 1 heterocycles. The molecule has 0 spiro atoms. The van der Waals surface area contributed by atoms with Crippen LogP contribution < -0.4 is 5.32 Å². The van der Waals surface area contributed by atoms with Gasteiger partial charge in [0.2, 0.25) is 0 Å². The monoisotopic (exact) mass is 337 g/mol. The molecule has 0 aliphatic rings. The van der Waals surface area contributed by atoms with Crippen LogP contribution in [0.4, 0.5) is 0 Å². The lowest BCUT2D eigenvalue weighted by Gasteiger charge is -2.07. The number of carbonyl (C=O) groups is 1. The summed E-state index contributed by atoms with van der Waals surface area (Å²) in [4.78, 5) is 10.8. The number of rotatable bonds is 6. The van der Waals surface area contributed by atoms with E-state index >= 15 is 0 Å². The predicted molar refractivity (Wildman–Crippen MR) is 79.7 cm³/mol. The summed E-state index contributed by atoms with van der Waals surface area (Å²) in [6, 6.07) is 7.06. The van der Waals surface area contributed by atoms with Crippen LogP contribution >= 0.6 is 15.9 Å². The molecule has 0 unspecified atom stereocenters. The number of halogens is 1. The Kier molecular flexibility index (Phi) is 4.92. The average molecular weight is 338 g/mol. The summed E-state index contributed by atoms with van der Waals surface area (Å²) in [5, 5.41) is 16.5. The van der Waals surface area contributed by atoms with Crippen LogP contribution in [0.1, 0.15) is 21.6 Å². The van der Waals surface area contributed by atoms with E-state index < -0.39 is 5.97 Å². The number of nitrogens with zero attached hydrogens (tertiary/aromatic N) is 2. The molecule has 0 atom stereocenters. The van der Waals surface area contributed by atoms with E-state index in [0.717, 1.165) is 28.7 Å². The molecule has 0 amide bonds. The summed E-state index contributed by atoms with van der Waals surface area (Å²) in [6.07, 6.45) is 2.79. The molecule has 5 nitrogen and oxygen atoms in total. The van der Waals surface area contributed by atoms with Crippen molar-refractivity contribution in [3.63, 3.8) is 0 Å². The smallest absolute Gasteiger partial charge is 0.335 e. The second kappa shape index (κ2) is 6.67. The number of benzene rings is 1. The van der Waals surface area contributed by atoms with E-state index in [-0.39, 0.29) is 5.56 Å². The predicted octanol–water partition coefficient (Wildman–Crippen LogP) is 2.21. The van der Waals surface area contributed by atoms with Crippen molar-refractivity contribution in [3.05, 3.63) is 51.8 Å². The van der Waals surface area contributed by atoms with Crippen LogP contribution in [0.3, 0.4) is 0 Å². The van der Waals surface area contributed by atoms with Crippen LogP contribution in [0, 0.1) is 0 Å². The molecule has 1 aromatic carbocycles. The van der Waals surface area contributed by atoms with Gasteiger partial charge < -0.3 is 10.4 Å². The van der Waals surface area contributed by atoms with Crippen molar-refractivity contribution in [2.45, 2.75) is 13.0 Å². The third-order valence-corrected chi connectivity index (χ3v) is 3.68. The molecule has 106 valence electrons. The Morgan fingerprint density at radius 1 is 1.45 bits per heavy atom. The first-order valence-electron chi connectivity index (χ1n) is 6.27. The van der Waals surface area contributed by atoms with Gasteiger partial charge in [-0.15, -0.1) is 0 Å². The lowest BCUT2D eigenvalue weighted by molar-refractivity contribution is 0.0697. The van der Waals surface area contributed by atoms with Crippen LogP contribution in [0.15, 0.2) is 34.9 Å². The molecule has 0 aliphatic carbocycles. The first-order valence-corrected chi connectivity index (χ1v) is 7.06. The SMILES string of the molecule is Cn1ccc(CCNCc2ccc(C(=O)O)cc2Br)n1. The molecule has 2 aromatic rings.